The van der Waals surface area contributed by atoms with Crippen molar-refractivity contribution in [1.82, 2.24) is 25.3 Å². The van der Waals surface area contributed by atoms with Crippen LogP contribution in [0.1, 0.15) is 34.2 Å². The summed E-state index contributed by atoms with van der Waals surface area (Å²) in [6.07, 6.45) is 4.41. The Balaban J connectivity index is 1.75. The predicted molar refractivity (Wildman–Crippen MR) is 90.9 cm³/mol. The fourth-order valence-corrected chi connectivity index (χ4v) is 2.43. The molecule has 1 N–H and O–H groups in total. The molecule has 0 aliphatic carbocycles. The van der Waals surface area contributed by atoms with Crippen LogP contribution in [-0.4, -0.2) is 25.9 Å². The number of hydrogen-bond donors (Lipinski definition) is 1. The van der Waals surface area contributed by atoms with E-state index in [1.807, 2.05) is 31.2 Å². The van der Waals surface area contributed by atoms with Crippen LogP contribution in [0.5, 0.6) is 0 Å². The van der Waals surface area contributed by atoms with E-state index >= 15 is 0 Å². The van der Waals surface area contributed by atoms with Gasteiger partial charge >= 0.3 is 0 Å². The second-order valence-electron chi connectivity index (χ2n) is 5.50. The van der Waals surface area contributed by atoms with Gasteiger partial charge in [0.2, 0.25) is 0 Å². The summed E-state index contributed by atoms with van der Waals surface area (Å²) in [7, 11) is 0. The van der Waals surface area contributed by atoms with E-state index in [-0.39, 0.29) is 5.91 Å². The number of nitrogens with zero attached hydrogens (tertiary/aromatic N) is 4. The van der Waals surface area contributed by atoms with Crippen LogP contribution < -0.4 is 5.32 Å². The van der Waals surface area contributed by atoms with Gasteiger partial charge in [-0.15, -0.1) is 5.10 Å². The number of amides is 1. The molecule has 1 aromatic carbocycles. The first-order valence-electron chi connectivity index (χ1n) is 7.87. The van der Waals surface area contributed by atoms with Gasteiger partial charge in [-0.05, 0) is 42.7 Å². The fourth-order valence-electron chi connectivity index (χ4n) is 2.43. The van der Waals surface area contributed by atoms with Gasteiger partial charge < -0.3 is 5.32 Å². The molecule has 0 bridgehead atoms. The summed E-state index contributed by atoms with van der Waals surface area (Å²) in [5.41, 5.74) is 4.13. The van der Waals surface area contributed by atoms with Crippen LogP contribution in [0, 0.1) is 6.92 Å². The summed E-state index contributed by atoms with van der Waals surface area (Å²) in [4.78, 5) is 16.4. The second kappa shape index (κ2) is 7.04. The van der Waals surface area contributed by atoms with Gasteiger partial charge in [0.15, 0.2) is 5.69 Å². The van der Waals surface area contributed by atoms with Crippen molar-refractivity contribution in [1.29, 1.82) is 0 Å². The van der Waals surface area contributed by atoms with Gasteiger partial charge in [0, 0.05) is 18.9 Å². The minimum Gasteiger partial charge on any atom is -0.346 e. The molecule has 6 nitrogen and oxygen atoms in total. The lowest BCUT2D eigenvalue weighted by Gasteiger charge is -2.06. The number of rotatable bonds is 5. The molecule has 2 aromatic heterocycles. The molecule has 0 saturated carbocycles. The normalized spacial score (nSPS) is 10.6. The highest BCUT2D eigenvalue weighted by atomic mass is 16.2. The van der Waals surface area contributed by atoms with E-state index < -0.39 is 0 Å². The molecule has 1 amide bonds. The van der Waals surface area contributed by atoms with Crippen molar-refractivity contribution >= 4 is 5.91 Å². The highest BCUT2D eigenvalue weighted by molar-refractivity contribution is 5.93. The molecule has 0 aliphatic heterocycles. The molecule has 0 saturated heterocycles. The van der Waals surface area contributed by atoms with Crippen LogP contribution in [0.25, 0.3) is 5.69 Å². The lowest BCUT2D eigenvalue weighted by atomic mass is 10.1. The Labute approximate surface area is 140 Å². The zero-order valence-electron chi connectivity index (χ0n) is 13.7. The third-order valence-electron chi connectivity index (χ3n) is 3.87. The van der Waals surface area contributed by atoms with Crippen LogP contribution in [0.3, 0.4) is 0 Å². The molecular formula is C18H19N5O. The molecule has 0 unspecified atom stereocenters. The van der Waals surface area contributed by atoms with Gasteiger partial charge in [-0.25, -0.2) is 4.68 Å². The molecule has 122 valence electrons. The molecular weight excluding hydrogens is 302 g/mol. The zero-order valence-corrected chi connectivity index (χ0v) is 13.7. The first-order valence-corrected chi connectivity index (χ1v) is 7.87. The molecule has 3 aromatic rings. The Morgan fingerprint density at radius 2 is 1.96 bits per heavy atom. The number of aromatic nitrogens is 4. The van der Waals surface area contributed by atoms with E-state index in [0.717, 1.165) is 17.7 Å². The van der Waals surface area contributed by atoms with Crippen molar-refractivity contribution in [2.45, 2.75) is 26.8 Å². The van der Waals surface area contributed by atoms with Gasteiger partial charge in [-0.3, -0.25) is 9.78 Å². The minimum atomic E-state index is -0.243. The van der Waals surface area contributed by atoms with E-state index in [2.05, 4.69) is 39.7 Å². The molecule has 24 heavy (non-hydrogen) atoms. The summed E-state index contributed by atoms with van der Waals surface area (Å²) in [6, 6.07) is 11.8. The zero-order chi connectivity index (χ0) is 16.9. The standard InChI is InChI=1S/C18H19N5O/c1-3-14-6-8-16(9-7-14)23-13(2)17(21-22-23)18(24)20-12-15-5-4-10-19-11-15/h4-11H,3,12H2,1-2H3,(H,20,24). The molecule has 0 radical (unpaired) electrons. The maximum Gasteiger partial charge on any atom is 0.274 e. The molecule has 3 rings (SSSR count). The number of pyridine rings is 1. The Morgan fingerprint density at radius 1 is 1.17 bits per heavy atom. The van der Waals surface area contributed by atoms with E-state index in [1.54, 1.807) is 17.1 Å². The van der Waals surface area contributed by atoms with Crippen LogP contribution >= 0.6 is 0 Å². The van der Waals surface area contributed by atoms with E-state index in [4.69, 9.17) is 0 Å². The third kappa shape index (κ3) is 3.32. The van der Waals surface area contributed by atoms with Gasteiger partial charge in [-0.2, -0.15) is 0 Å². The maximum atomic E-state index is 12.3. The number of carbonyl (C=O) groups excluding carboxylic acids is 1. The Kier molecular flexibility index (Phi) is 4.65. The highest BCUT2D eigenvalue weighted by Gasteiger charge is 2.17. The van der Waals surface area contributed by atoms with Crippen molar-refractivity contribution in [3.63, 3.8) is 0 Å². The number of hydrogen-bond acceptors (Lipinski definition) is 4. The van der Waals surface area contributed by atoms with Crippen molar-refractivity contribution in [2.75, 3.05) is 0 Å². The van der Waals surface area contributed by atoms with E-state index in [0.29, 0.717) is 17.9 Å². The van der Waals surface area contributed by atoms with Crippen molar-refractivity contribution in [3.05, 3.63) is 71.3 Å². The molecule has 0 spiro atoms. The largest absolute Gasteiger partial charge is 0.346 e. The fraction of sp³-hybridized carbons (Fsp3) is 0.222. The van der Waals surface area contributed by atoms with Gasteiger partial charge in [0.05, 0.1) is 11.4 Å². The summed E-state index contributed by atoms with van der Waals surface area (Å²) in [6.45, 7) is 4.36. The third-order valence-corrected chi connectivity index (χ3v) is 3.87. The minimum absolute atomic E-state index is 0.243. The molecule has 2 heterocycles. The van der Waals surface area contributed by atoms with Crippen LogP contribution in [0.4, 0.5) is 0 Å². The first kappa shape index (κ1) is 15.9. The monoisotopic (exact) mass is 321 g/mol. The lowest BCUT2D eigenvalue weighted by molar-refractivity contribution is 0.0945. The molecule has 0 aliphatic rings. The van der Waals surface area contributed by atoms with Crippen molar-refractivity contribution in [2.24, 2.45) is 0 Å². The summed E-state index contributed by atoms with van der Waals surface area (Å²) in [5.74, 6) is -0.243. The molecule has 6 heteroatoms. The maximum absolute atomic E-state index is 12.3. The Hall–Kier alpha value is -3.02. The van der Waals surface area contributed by atoms with E-state index in [1.165, 1.54) is 5.56 Å². The Morgan fingerprint density at radius 3 is 2.62 bits per heavy atom. The smallest absolute Gasteiger partial charge is 0.274 e. The number of nitrogens with one attached hydrogen (secondary N) is 1. The number of aryl methyl sites for hydroxylation is 1. The van der Waals surface area contributed by atoms with Gasteiger partial charge in [0.1, 0.15) is 0 Å². The van der Waals surface area contributed by atoms with E-state index in [9.17, 15) is 4.79 Å². The average molecular weight is 321 g/mol. The molecule has 0 fully saturated rings. The van der Waals surface area contributed by atoms with Crippen LogP contribution in [0.15, 0.2) is 48.8 Å². The van der Waals surface area contributed by atoms with Crippen LogP contribution in [-0.2, 0) is 13.0 Å². The number of carbonyl (C=O) groups is 1. The van der Waals surface area contributed by atoms with Crippen LogP contribution in [0.2, 0.25) is 0 Å². The quantitative estimate of drug-likeness (QED) is 0.783. The lowest BCUT2D eigenvalue weighted by Crippen LogP contribution is -2.24. The average Bonchev–Trinajstić information content (AvgIpc) is 3.02. The van der Waals surface area contributed by atoms with Gasteiger partial charge in [-0.1, -0.05) is 30.3 Å². The van der Waals surface area contributed by atoms with Gasteiger partial charge in [0.25, 0.3) is 5.91 Å². The SMILES string of the molecule is CCc1ccc(-n2nnc(C(=O)NCc3cccnc3)c2C)cc1. The predicted octanol–water partition coefficient (Wildman–Crippen LogP) is 2.46. The number of benzene rings is 1. The van der Waals surface area contributed by atoms with Crippen molar-refractivity contribution in [3.8, 4) is 5.69 Å². The summed E-state index contributed by atoms with van der Waals surface area (Å²) >= 11 is 0. The topological polar surface area (TPSA) is 72.7 Å². The first-order chi connectivity index (χ1) is 11.7. The molecule has 0 atom stereocenters. The summed E-state index contributed by atoms with van der Waals surface area (Å²) < 4.78 is 1.68. The summed E-state index contributed by atoms with van der Waals surface area (Å²) in [5, 5.41) is 11.0. The second-order valence-corrected chi connectivity index (χ2v) is 5.50. The van der Waals surface area contributed by atoms with Crippen molar-refractivity contribution < 1.29 is 4.79 Å². The Bertz CT molecular complexity index is 824. The highest BCUT2D eigenvalue weighted by Crippen LogP contribution is 2.13.